The molecular weight excluding hydrogens is 401 g/mol. The molecule has 0 aliphatic heterocycles. The molecule has 7 heteroatoms. The van der Waals surface area contributed by atoms with Crippen molar-refractivity contribution < 1.29 is 4.74 Å². The lowest BCUT2D eigenvalue weighted by Gasteiger charge is -2.12. The normalized spacial score (nSPS) is 11.0. The predicted molar refractivity (Wildman–Crippen MR) is 112 cm³/mol. The van der Waals surface area contributed by atoms with Crippen LogP contribution in [0.3, 0.4) is 0 Å². The van der Waals surface area contributed by atoms with Crippen molar-refractivity contribution in [3.8, 4) is 5.75 Å². The molecule has 0 radical (unpaired) electrons. The van der Waals surface area contributed by atoms with Crippen molar-refractivity contribution in [3.63, 3.8) is 0 Å². The highest BCUT2D eigenvalue weighted by Gasteiger charge is 2.13. The first-order valence-corrected chi connectivity index (χ1v) is 10.4. The van der Waals surface area contributed by atoms with Crippen molar-refractivity contribution in [2.45, 2.75) is 44.8 Å². The number of rotatable bonds is 7. The van der Waals surface area contributed by atoms with E-state index in [1.807, 2.05) is 24.3 Å². The largest absolute Gasteiger partial charge is 0.485 e. The van der Waals surface area contributed by atoms with E-state index in [0.29, 0.717) is 22.4 Å². The highest BCUT2D eigenvalue weighted by atomic mass is 35.5. The van der Waals surface area contributed by atoms with E-state index in [-0.39, 0.29) is 0 Å². The van der Waals surface area contributed by atoms with Gasteiger partial charge in [-0.15, -0.1) is 10.2 Å². The number of benzene rings is 2. The zero-order valence-corrected chi connectivity index (χ0v) is 17.8. The van der Waals surface area contributed by atoms with Crippen LogP contribution in [0.4, 0.5) is 0 Å². The summed E-state index contributed by atoms with van der Waals surface area (Å²) < 4.78 is 8.06. The lowest BCUT2D eigenvalue weighted by molar-refractivity contribution is 0.286. The van der Waals surface area contributed by atoms with Gasteiger partial charge in [0.25, 0.3) is 0 Å². The molecule has 0 atom stereocenters. The number of halogens is 2. The maximum absolute atomic E-state index is 6.26. The molecule has 0 spiro atoms. The van der Waals surface area contributed by atoms with Crippen LogP contribution in [0, 0.1) is 13.8 Å². The van der Waals surface area contributed by atoms with E-state index in [1.165, 1.54) is 5.56 Å². The number of hydrogen-bond donors (Lipinski definition) is 0. The Morgan fingerprint density at radius 2 is 1.93 bits per heavy atom. The van der Waals surface area contributed by atoms with Gasteiger partial charge in [0, 0.05) is 22.3 Å². The summed E-state index contributed by atoms with van der Waals surface area (Å²) in [5, 5.41) is 10.8. The van der Waals surface area contributed by atoms with Gasteiger partial charge in [0.1, 0.15) is 12.4 Å². The fraction of sp³-hybridized carbons (Fsp3) is 0.300. The van der Waals surface area contributed by atoms with Crippen LogP contribution in [0.1, 0.15) is 29.4 Å². The first kappa shape index (κ1) is 20.1. The van der Waals surface area contributed by atoms with E-state index < -0.39 is 0 Å². The second-order valence-corrected chi connectivity index (χ2v) is 7.94. The van der Waals surface area contributed by atoms with Gasteiger partial charge in [-0.3, -0.25) is 0 Å². The number of thioether (sulfide) groups is 1. The molecule has 27 heavy (non-hydrogen) atoms. The monoisotopic (exact) mass is 421 g/mol. The minimum Gasteiger partial charge on any atom is -0.485 e. The highest BCUT2D eigenvalue weighted by molar-refractivity contribution is 7.98. The van der Waals surface area contributed by atoms with Crippen LogP contribution in [0.15, 0.2) is 41.6 Å². The number of hydrogen-bond acceptors (Lipinski definition) is 4. The fourth-order valence-corrected chi connectivity index (χ4v) is 4.23. The van der Waals surface area contributed by atoms with Crippen LogP contribution in [-0.2, 0) is 18.9 Å². The van der Waals surface area contributed by atoms with Gasteiger partial charge in [-0.25, -0.2) is 0 Å². The van der Waals surface area contributed by atoms with E-state index in [2.05, 4.69) is 41.6 Å². The molecule has 0 bridgehead atoms. The molecule has 1 heterocycles. The summed E-state index contributed by atoms with van der Waals surface area (Å²) in [6, 6.07) is 11.6. The van der Waals surface area contributed by atoms with Crippen molar-refractivity contribution in [2.75, 3.05) is 0 Å². The smallest absolute Gasteiger partial charge is 0.191 e. The average molecular weight is 422 g/mol. The zero-order chi connectivity index (χ0) is 19.4. The molecule has 4 nitrogen and oxygen atoms in total. The van der Waals surface area contributed by atoms with Crippen molar-refractivity contribution in [2.24, 2.45) is 0 Å². The summed E-state index contributed by atoms with van der Waals surface area (Å²) in [6.07, 6.45) is 0. The molecule has 3 aromatic rings. The molecule has 0 amide bonds. The third-order valence-electron chi connectivity index (χ3n) is 4.39. The summed E-state index contributed by atoms with van der Waals surface area (Å²) in [7, 11) is 0. The SMILES string of the molecule is CCn1c(COc2cccc(C)c2C)nnc1SCc1ccc(Cl)cc1Cl. The molecule has 0 saturated carbocycles. The van der Waals surface area contributed by atoms with E-state index in [1.54, 1.807) is 17.8 Å². The lowest BCUT2D eigenvalue weighted by Crippen LogP contribution is -2.07. The fourth-order valence-electron chi connectivity index (χ4n) is 2.65. The van der Waals surface area contributed by atoms with Gasteiger partial charge in [0.05, 0.1) is 0 Å². The van der Waals surface area contributed by atoms with E-state index >= 15 is 0 Å². The predicted octanol–water partition coefficient (Wildman–Crippen LogP) is 6.09. The first-order valence-electron chi connectivity index (χ1n) is 8.67. The Morgan fingerprint density at radius 1 is 1.11 bits per heavy atom. The second kappa shape index (κ2) is 9.00. The van der Waals surface area contributed by atoms with Gasteiger partial charge in [0.2, 0.25) is 0 Å². The summed E-state index contributed by atoms with van der Waals surface area (Å²) in [6.45, 7) is 7.37. The minimum absolute atomic E-state index is 0.382. The maximum atomic E-state index is 6.26. The summed E-state index contributed by atoms with van der Waals surface area (Å²) >= 11 is 13.8. The van der Waals surface area contributed by atoms with Gasteiger partial charge in [-0.1, -0.05) is 53.2 Å². The van der Waals surface area contributed by atoms with Crippen LogP contribution >= 0.6 is 35.0 Å². The Labute approximate surface area is 173 Å². The average Bonchev–Trinajstić information content (AvgIpc) is 3.04. The van der Waals surface area contributed by atoms with Gasteiger partial charge in [-0.2, -0.15) is 0 Å². The van der Waals surface area contributed by atoms with Gasteiger partial charge >= 0.3 is 0 Å². The molecule has 1 aromatic heterocycles. The van der Waals surface area contributed by atoms with E-state index in [0.717, 1.165) is 34.4 Å². The van der Waals surface area contributed by atoms with Crippen LogP contribution in [-0.4, -0.2) is 14.8 Å². The van der Waals surface area contributed by atoms with Crippen molar-refractivity contribution in [1.82, 2.24) is 14.8 Å². The third-order valence-corrected chi connectivity index (χ3v) is 6.00. The number of aryl methyl sites for hydroxylation is 1. The van der Waals surface area contributed by atoms with Crippen molar-refractivity contribution in [3.05, 3.63) is 69.0 Å². The Hall–Kier alpha value is -1.69. The molecule has 2 aromatic carbocycles. The van der Waals surface area contributed by atoms with Gasteiger partial charge in [-0.05, 0) is 55.7 Å². The quantitative estimate of drug-likeness (QED) is 0.432. The number of aromatic nitrogens is 3. The number of nitrogens with zero attached hydrogens (tertiary/aromatic N) is 3. The Balaban J connectivity index is 1.70. The molecule has 142 valence electrons. The molecule has 0 unspecified atom stereocenters. The van der Waals surface area contributed by atoms with Crippen molar-refractivity contribution in [1.29, 1.82) is 0 Å². The molecule has 0 N–H and O–H groups in total. The Bertz CT molecular complexity index is 943. The first-order chi connectivity index (χ1) is 13.0. The van der Waals surface area contributed by atoms with Gasteiger partial charge in [0.15, 0.2) is 11.0 Å². The summed E-state index contributed by atoms with van der Waals surface area (Å²) in [5.74, 6) is 2.39. The second-order valence-electron chi connectivity index (χ2n) is 6.15. The third kappa shape index (κ3) is 4.78. The number of ether oxygens (including phenoxy) is 1. The molecule has 0 aliphatic rings. The molecule has 0 aliphatic carbocycles. The van der Waals surface area contributed by atoms with Crippen molar-refractivity contribution >= 4 is 35.0 Å². The van der Waals surface area contributed by atoms with E-state index in [4.69, 9.17) is 27.9 Å². The topological polar surface area (TPSA) is 39.9 Å². The maximum Gasteiger partial charge on any atom is 0.191 e. The van der Waals surface area contributed by atoms with Gasteiger partial charge < -0.3 is 9.30 Å². The van der Waals surface area contributed by atoms with Crippen LogP contribution in [0.5, 0.6) is 5.75 Å². The Kier molecular flexibility index (Phi) is 6.68. The lowest BCUT2D eigenvalue weighted by atomic mass is 10.1. The molecule has 0 fully saturated rings. The highest BCUT2D eigenvalue weighted by Crippen LogP contribution is 2.28. The van der Waals surface area contributed by atoms with E-state index in [9.17, 15) is 0 Å². The molecular formula is C20H21Cl2N3OS. The standard InChI is InChI=1S/C20H21Cl2N3OS/c1-4-25-19(11-26-18-7-5-6-13(2)14(18)3)23-24-20(25)27-12-15-8-9-16(21)10-17(15)22/h5-10H,4,11-12H2,1-3H3. The van der Waals surface area contributed by atoms with Crippen LogP contribution < -0.4 is 4.74 Å². The van der Waals surface area contributed by atoms with Crippen LogP contribution in [0.2, 0.25) is 10.0 Å². The summed E-state index contributed by atoms with van der Waals surface area (Å²) in [5.41, 5.74) is 3.37. The molecule has 0 saturated heterocycles. The van der Waals surface area contributed by atoms with Crippen LogP contribution in [0.25, 0.3) is 0 Å². The zero-order valence-electron chi connectivity index (χ0n) is 15.5. The summed E-state index contributed by atoms with van der Waals surface area (Å²) in [4.78, 5) is 0. The Morgan fingerprint density at radius 3 is 2.67 bits per heavy atom. The molecule has 3 rings (SSSR count). The minimum atomic E-state index is 0.382.